The number of nitrogens with one attached hydrogen (secondary N) is 1. The van der Waals surface area contributed by atoms with Gasteiger partial charge in [-0.25, -0.2) is 17.2 Å². The monoisotopic (exact) mass is 431 g/mol. The first-order valence-corrected chi connectivity index (χ1v) is 9.84. The molecule has 0 saturated carbocycles. The molecule has 1 amide bonds. The average molecular weight is 432 g/mol. The van der Waals surface area contributed by atoms with Crippen LogP contribution >= 0.6 is 12.4 Å². The lowest BCUT2D eigenvalue weighted by molar-refractivity contribution is -0.130. The van der Waals surface area contributed by atoms with Crippen molar-refractivity contribution in [1.82, 2.24) is 9.21 Å². The van der Waals surface area contributed by atoms with E-state index in [4.69, 9.17) is 0 Å². The molecular weight excluding hydrogens is 412 g/mol. The zero-order chi connectivity index (χ0) is 19.4. The zero-order valence-electron chi connectivity index (χ0n) is 14.8. The highest BCUT2D eigenvalue weighted by atomic mass is 35.5. The number of nitrogens with zero attached hydrogens (tertiary/aromatic N) is 2. The van der Waals surface area contributed by atoms with Gasteiger partial charge >= 0.3 is 0 Å². The molecule has 1 heterocycles. The Hall–Kier alpha value is -2.23. The number of carbonyl (C=O) groups excluding carboxylic acids is 1. The van der Waals surface area contributed by atoms with Crippen LogP contribution in [0.3, 0.4) is 0 Å². The van der Waals surface area contributed by atoms with Crippen LogP contribution in [-0.4, -0.2) is 56.3 Å². The summed E-state index contributed by atoms with van der Waals surface area (Å²) in [5.41, 5.74) is 0.807. The van der Waals surface area contributed by atoms with Gasteiger partial charge in [-0.15, -0.1) is 12.4 Å². The van der Waals surface area contributed by atoms with E-state index in [1.165, 1.54) is 4.90 Å². The van der Waals surface area contributed by atoms with Crippen LogP contribution in [0.1, 0.15) is 0 Å². The lowest BCUT2D eigenvalue weighted by Gasteiger charge is -2.34. The summed E-state index contributed by atoms with van der Waals surface area (Å²) in [5, 5.41) is 3.00. The summed E-state index contributed by atoms with van der Waals surface area (Å²) in [7, 11) is -4.30. The van der Waals surface area contributed by atoms with Crippen LogP contribution in [0.4, 0.5) is 14.5 Å². The van der Waals surface area contributed by atoms with Crippen LogP contribution in [0.25, 0.3) is 0 Å². The highest BCUT2D eigenvalue weighted by Crippen LogP contribution is 2.23. The van der Waals surface area contributed by atoms with Gasteiger partial charge in [-0.1, -0.05) is 24.3 Å². The number of halogens is 3. The van der Waals surface area contributed by atoms with Crippen molar-refractivity contribution in [2.45, 2.75) is 4.90 Å². The third-order valence-corrected chi connectivity index (χ3v) is 6.28. The molecule has 1 aliphatic heterocycles. The molecule has 10 heteroatoms. The number of para-hydroxylation sites is 1. The molecule has 0 unspecified atom stereocenters. The lowest BCUT2D eigenvalue weighted by atomic mass is 10.3. The van der Waals surface area contributed by atoms with E-state index in [1.54, 1.807) is 0 Å². The number of anilines is 1. The smallest absolute Gasteiger partial charge is 0.249 e. The Kier molecular flexibility index (Phi) is 7.34. The van der Waals surface area contributed by atoms with Crippen LogP contribution in [0.15, 0.2) is 53.4 Å². The summed E-state index contributed by atoms with van der Waals surface area (Å²) < 4.78 is 53.8. The van der Waals surface area contributed by atoms with Crippen LogP contribution < -0.4 is 5.32 Å². The predicted molar refractivity (Wildman–Crippen MR) is 104 cm³/mol. The molecule has 2 aromatic rings. The largest absolute Gasteiger partial charge is 0.376 e. The van der Waals surface area contributed by atoms with Crippen molar-refractivity contribution in [1.29, 1.82) is 0 Å². The quantitative estimate of drug-likeness (QED) is 0.789. The van der Waals surface area contributed by atoms with E-state index in [2.05, 4.69) is 5.32 Å². The summed E-state index contributed by atoms with van der Waals surface area (Å²) >= 11 is 0. The number of rotatable bonds is 5. The summed E-state index contributed by atoms with van der Waals surface area (Å²) in [5.74, 6) is -2.42. The number of hydrogen-bond donors (Lipinski definition) is 1. The van der Waals surface area contributed by atoms with E-state index in [9.17, 15) is 22.0 Å². The number of amides is 1. The molecule has 2 aromatic carbocycles. The number of hydrogen-bond acceptors (Lipinski definition) is 4. The minimum Gasteiger partial charge on any atom is -0.376 e. The molecule has 0 atom stereocenters. The lowest BCUT2D eigenvalue weighted by Crippen LogP contribution is -2.51. The second kappa shape index (κ2) is 9.31. The Bertz CT molecular complexity index is 901. The summed E-state index contributed by atoms with van der Waals surface area (Å²) in [6, 6.07) is 12.2. The van der Waals surface area contributed by atoms with Gasteiger partial charge < -0.3 is 10.2 Å². The van der Waals surface area contributed by atoms with Crippen LogP contribution in [0.5, 0.6) is 0 Å². The maximum atomic E-state index is 13.8. The minimum atomic E-state index is -4.30. The first kappa shape index (κ1) is 22.1. The molecule has 0 spiro atoms. The van der Waals surface area contributed by atoms with E-state index in [0.717, 1.165) is 28.2 Å². The van der Waals surface area contributed by atoms with Gasteiger partial charge in [0.25, 0.3) is 0 Å². The third-order valence-electron chi connectivity index (χ3n) is 4.33. The fraction of sp³-hybridized carbons (Fsp3) is 0.278. The maximum absolute atomic E-state index is 13.8. The molecule has 0 aromatic heterocycles. The maximum Gasteiger partial charge on any atom is 0.249 e. The first-order chi connectivity index (χ1) is 12.9. The van der Waals surface area contributed by atoms with Gasteiger partial charge in [-0.05, 0) is 24.3 Å². The molecule has 3 rings (SSSR count). The highest BCUT2D eigenvalue weighted by molar-refractivity contribution is 7.89. The Morgan fingerprint density at radius 1 is 0.929 bits per heavy atom. The Labute approximate surface area is 168 Å². The van der Waals surface area contributed by atoms with Crippen molar-refractivity contribution in [2.75, 3.05) is 38.0 Å². The van der Waals surface area contributed by atoms with Crippen LogP contribution in [0.2, 0.25) is 0 Å². The first-order valence-electron chi connectivity index (χ1n) is 8.40. The number of benzene rings is 2. The van der Waals surface area contributed by atoms with Gasteiger partial charge in [-0.2, -0.15) is 4.31 Å². The van der Waals surface area contributed by atoms with Crippen molar-refractivity contribution < 1.29 is 22.0 Å². The Morgan fingerprint density at radius 2 is 1.50 bits per heavy atom. The Balaban J connectivity index is 0.00000280. The number of piperazine rings is 1. The van der Waals surface area contributed by atoms with E-state index < -0.39 is 26.6 Å². The molecule has 1 saturated heterocycles. The molecule has 1 fully saturated rings. The summed E-state index contributed by atoms with van der Waals surface area (Å²) in [6.45, 7) is 0.355. The van der Waals surface area contributed by atoms with Crippen LogP contribution in [0, 0.1) is 11.6 Å². The molecule has 1 N–H and O–H groups in total. The molecule has 28 heavy (non-hydrogen) atoms. The normalized spacial score (nSPS) is 15.0. The van der Waals surface area contributed by atoms with Gasteiger partial charge in [0.2, 0.25) is 15.9 Å². The second-order valence-electron chi connectivity index (χ2n) is 6.06. The number of carbonyl (C=O) groups is 1. The fourth-order valence-electron chi connectivity index (χ4n) is 2.88. The second-order valence-corrected chi connectivity index (χ2v) is 7.93. The van der Waals surface area contributed by atoms with Gasteiger partial charge in [0.15, 0.2) is 4.90 Å². The standard InChI is InChI=1S/C18H19F2N3O3S.ClH/c19-15-7-4-8-16(20)18(15)27(25,26)23-11-9-22(10-12-23)17(24)13-21-14-5-2-1-3-6-14;/h1-8,21H,9-13H2;1H. The van der Waals surface area contributed by atoms with Crippen molar-refractivity contribution >= 4 is 34.0 Å². The molecule has 0 aliphatic carbocycles. The van der Waals surface area contributed by atoms with E-state index in [0.29, 0.717) is 0 Å². The van der Waals surface area contributed by atoms with Gasteiger partial charge in [0, 0.05) is 31.9 Å². The fourth-order valence-corrected chi connectivity index (χ4v) is 4.41. The summed E-state index contributed by atoms with van der Waals surface area (Å²) in [4.78, 5) is 12.9. The predicted octanol–water partition coefficient (Wildman–Crippen LogP) is 2.33. The molecule has 1 aliphatic rings. The zero-order valence-corrected chi connectivity index (χ0v) is 16.5. The van der Waals surface area contributed by atoms with Gasteiger partial charge in [0.05, 0.1) is 6.54 Å². The Morgan fingerprint density at radius 3 is 2.07 bits per heavy atom. The SMILES string of the molecule is Cl.O=C(CNc1ccccc1)N1CCN(S(=O)(=O)c2c(F)cccc2F)CC1. The summed E-state index contributed by atoms with van der Waals surface area (Å²) in [6.07, 6.45) is 0. The highest BCUT2D eigenvalue weighted by Gasteiger charge is 2.33. The number of sulfonamides is 1. The van der Waals surface area contributed by atoms with Crippen molar-refractivity contribution in [2.24, 2.45) is 0 Å². The van der Waals surface area contributed by atoms with E-state index >= 15 is 0 Å². The molecule has 0 bridgehead atoms. The van der Waals surface area contributed by atoms with Crippen molar-refractivity contribution in [3.63, 3.8) is 0 Å². The topological polar surface area (TPSA) is 69.7 Å². The molecule has 0 radical (unpaired) electrons. The average Bonchev–Trinajstić information content (AvgIpc) is 2.67. The van der Waals surface area contributed by atoms with Gasteiger partial charge in [-0.3, -0.25) is 4.79 Å². The van der Waals surface area contributed by atoms with E-state index in [1.807, 2.05) is 30.3 Å². The molecule has 6 nitrogen and oxygen atoms in total. The van der Waals surface area contributed by atoms with Gasteiger partial charge in [0.1, 0.15) is 11.6 Å². The molecular formula is C18H20ClF2N3O3S. The third kappa shape index (κ3) is 4.78. The molecule has 152 valence electrons. The van der Waals surface area contributed by atoms with E-state index in [-0.39, 0.29) is 51.0 Å². The van der Waals surface area contributed by atoms with Crippen molar-refractivity contribution in [3.05, 3.63) is 60.2 Å². The van der Waals surface area contributed by atoms with Crippen LogP contribution in [-0.2, 0) is 14.8 Å². The van der Waals surface area contributed by atoms with Crippen molar-refractivity contribution in [3.8, 4) is 0 Å². The minimum absolute atomic E-state index is 0.